The van der Waals surface area contributed by atoms with Crippen LogP contribution in [-0.2, 0) is 9.84 Å². The van der Waals surface area contributed by atoms with Crippen molar-refractivity contribution in [1.82, 2.24) is 0 Å². The summed E-state index contributed by atoms with van der Waals surface area (Å²) >= 11 is 0. The molecular weight excluding hydrogens is 248 g/mol. The lowest BCUT2D eigenvalue weighted by atomic mass is 10.0. The van der Waals surface area contributed by atoms with Gasteiger partial charge in [0.25, 0.3) is 0 Å². The summed E-state index contributed by atoms with van der Waals surface area (Å²) in [6.45, 7) is 0. The molecular formula is C14H12O3S. The molecule has 0 aromatic heterocycles. The normalized spacial score (nSPS) is 11.2. The van der Waals surface area contributed by atoms with Crippen LogP contribution in [-0.4, -0.2) is 21.0 Å². The highest BCUT2D eigenvalue weighted by Crippen LogP contribution is 2.29. The summed E-state index contributed by atoms with van der Waals surface area (Å²) in [4.78, 5) is 11.1. The average molecular weight is 260 g/mol. The molecule has 3 nitrogen and oxygen atoms in total. The molecule has 0 aliphatic heterocycles. The summed E-state index contributed by atoms with van der Waals surface area (Å²) in [5.74, 6) is 0. The molecule has 0 atom stereocenters. The summed E-state index contributed by atoms with van der Waals surface area (Å²) < 4.78 is 23.7. The van der Waals surface area contributed by atoms with E-state index in [1.54, 1.807) is 12.1 Å². The second-order valence-electron chi connectivity index (χ2n) is 3.98. The molecule has 0 aliphatic carbocycles. The van der Waals surface area contributed by atoms with Crippen LogP contribution in [0.5, 0.6) is 0 Å². The fourth-order valence-electron chi connectivity index (χ4n) is 1.91. The molecule has 18 heavy (non-hydrogen) atoms. The van der Waals surface area contributed by atoms with Gasteiger partial charge in [-0.05, 0) is 5.56 Å². The Labute approximate surface area is 106 Å². The van der Waals surface area contributed by atoms with Gasteiger partial charge in [0.15, 0.2) is 16.1 Å². The summed E-state index contributed by atoms with van der Waals surface area (Å²) in [5.41, 5.74) is 1.53. The van der Waals surface area contributed by atoms with Gasteiger partial charge < -0.3 is 0 Å². The Hall–Kier alpha value is -1.94. The highest BCUT2D eigenvalue weighted by atomic mass is 32.2. The van der Waals surface area contributed by atoms with Crippen molar-refractivity contribution in [3.8, 4) is 11.1 Å². The van der Waals surface area contributed by atoms with Crippen molar-refractivity contribution < 1.29 is 13.2 Å². The van der Waals surface area contributed by atoms with Gasteiger partial charge in [-0.25, -0.2) is 8.42 Å². The molecule has 4 heteroatoms. The molecule has 0 saturated heterocycles. The third-order valence-electron chi connectivity index (χ3n) is 2.63. The first-order chi connectivity index (χ1) is 8.54. The van der Waals surface area contributed by atoms with Gasteiger partial charge in [-0.3, -0.25) is 4.79 Å². The number of carbonyl (C=O) groups excluding carboxylic acids is 1. The summed E-state index contributed by atoms with van der Waals surface area (Å²) in [5, 5.41) is 0. The van der Waals surface area contributed by atoms with E-state index in [1.807, 2.05) is 30.3 Å². The molecule has 0 unspecified atom stereocenters. The molecule has 0 bridgehead atoms. The van der Waals surface area contributed by atoms with E-state index in [1.165, 1.54) is 6.07 Å². The molecule has 0 heterocycles. The van der Waals surface area contributed by atoms with Gasteiger partial charge in [-0.2, -0.15) is 0 Å². The van der Waals surface area contributed by atoms with Gasteiger partial charge >= 0.3 is 0 Å². The van der Waals surface area contributed by atoms with E-state index in [0.717, 1.165) is 11.8 Å². The predicted octanol–water partition coefficient (Wildman–Crippen LogP) is 2.57. The maximum Gasteiger partial charge on any atom is 0.176 e. The van der Waals surface area contributed by atoms with E-state index in [9.17, 15) is 13.2 Å². The van der Waals surface area contributed by atoms with Gasteiger partial charge in [0, 0.05) is 17.4 Å². The molecule has 0 N–H and O–H groups in total. The molecule has 0 spiro atoms. The number of rotatable bonds is 3. The van der Waals surface area contributed by atoms with E-state index < -0.39 is 9.84 Å². The molecule has 0 aliphatic rings. The van der Waals surface area contributed by atoms with Crippen molar-refractivity contribution in [2.24, 2.45) is 0 Å². The molecule has 2 aromatic rings. The predicted molar refractivity (Wildman–Crippen MR) is 70.4 cm³/mol. The van der Waals surface area contributed by atoms with E-state index in [-0.39, 0.29) is 10.5 Å². The van der Waals surface area contributed by atoms with Crippen molar-refractivity contribution >= 4 is 16.1 Å². The Bertz CT molecular complexity index is 673. The Kier molecular flexibility index (Phi) is 3.30. The van der Waals surface area contributed by atoms with Crippen molar-refractivity contribution in [3.63, 3.8) is 0 Å². The first-order valence-corrected chi connectivity index (χ1v) is 7.27. The maximum atomic E-state index is 11.8. The van der Waals surface area contributed by atoms with Crippen LogP contribution in [0, 0.1) is 0 Å². The zero-order valence-electron chi connectivity index (χ0n) is 9.83. The minimum absolute atomic E-state index is 0.0891. The fourth-order valence-corrected chi connectivity index (χ4v) is 3.04. The van der Waals surface area contributed by atoms with Crippen LogP contribution in [0.1, 0.15) is 10.4 Å². The highest BCUT2D eigenvalue weighted by molar-refractivity contribution is 7.91. The number of hydrogen-bond acceptors (Lipinski definition) is 3. The summed E-state index contributed by atoms with van der Waals surface area (Å²) in [6.07, 6.45) is 1.69. The van der Waals surface area contributed by atoms with Gasteiger partial charge in [0.05, 0.1) is 4.90 Å². The standard InChI is InChI=1S/C14H12O3S/c1-18(16,17)14-12(10-15)8-5-9-13(14)11-6-3-2-4-7-11/h2-10H,1H3. The summed E-state index contributed by atoms with van der Waals surface area (Å²) in [7, 11) is -3.46. The second-order valence-corrected chi connectivity index (χ2v) is 5.93. The topological polar surface area (TPSA) is 51.2 Å². The van der Waals surface area contributed by atoms with Gasteiger partial charge in [-0.15, -0.1) is 0 Å². The third-order valence-corrected chi connectivity index (χ3v) is 3.83. The van der Waals surface area contributed by atoms with E-state index in [2.05, 4.69) is 0 Å². The van der Waals surface area contributed by atoms with E-state index in [4.69, 9.17) is 0 Å². The van der Waals surface area contributed by atoms with Crippen molar-refractivity contribution in [1.29, 1.82) is 0 Å². The highest BCUT2D eigenvalue weighted by Gasteiger charge is 2.18. The quantitative estimate of drug-likeness (QED) is 0.797. The SMILES string of the molecule is CS(=O)(=O)c1c(C=O)cccc1-c1ccccc1. The van der Waals surface area contributed by atoms with Gasteiger partial charge in [0.1, 0.15) is 0 Å². The Morgan fingerprint density at radius 2 is 1.61 bits per heavy atom. The smallest absolute Gasteiger partial charge is 0.176 e. The third kappa shape index (κ3) is 2.33. The number of hydrogen-bond donors (Lipinski definition) is 0. The van der Waals surface area contributed by atoms with Crippen LogP contribution in [0.15, 0.2) is 53.4 Å². The maximum absolute atomic E-state index is 11.8. The van der Waals surface area contributed by atoms with E-state index >= 15 is 0 Å². The molecule has 0 amide bonds. The largest absolute Gasteiger partial charge is 0.298 e. The lowest BCUT2D eigenvalue weighted by Crippen LogP contribution is -2.04. The molecule has 92 valence electrons. The molecule has 2 aromatic carbocycles. The van der Waals surface area contributed by atoms with Crippen LogP contribution in [0.3, 0.4) is 0 Å². The Balaban J connectivity index is 2.81. The summed E-state index contributed by atoms with van der Waals surface area (Å²) in [6, 6.07) is 14.0. The Morgan fingerprint density at radius 3 is 2.17 bits per heavy atom. The Morgan fingerprint density at radius 1 is 0.944 bits per heavy atom. The fraction of sp³-hybridized carbons (Fsp3) is 0.0714. The van der Waals surface area contributed by atoms with Crippen molar-refractivity contribution in [2.45, 2.75) is 4.90 Å². The van der Waals surface area contributed by atoms with Crippen molar-refractivity contribution in [2.75, 3.05) is 6.26 Å². The number of sulfone groups is 1. The number of aldehydes is 1. The van der Waals surface area contributed by atoms with Crippen molar-refractivity contribution in [3.05, 3.63) is 54.1 Å². The van der Waals surface area contributed by atoms with Crippen LogP contribution >= 0.6 is 0 Å². The van der Waals surface area contributed by atoms with E-state index in [0.29, 0.717) is 11.8 Å². The molecule has 0 radical (unpaired) electrons. The first-order valence-electron chi connectivity index (χ1n) is 5.37. The van der Waals surface area contributed by atoms with Crippen LogP contribution in [0.4, 0.5) is 0 Å². The van der Waals surface area contributed by atoms with Gasteiger partial charge in [-0.1, -0.05) is 48.5 Å². The molecule has 0 saturated carbocycles. The first kappa shape index (κ1) is 12.5. The van der Waals surface area contributed by atoms with Crippen LogP contribution in [0.2, 0.25) is 0 Å². The molecule has 2 rings (SSSR count). The lowest BCUT2D eigenvalue weighted by molar-refractivity contribution is 0.112. The number of carbonyl (C=O) groups is 1. The van der Waals surface area contributed by atoms with Gasteiger partial charge in [0.2, 0.25) is 0 Å². The average Bonchev–Trinajstić information content (AvgIpc) is 2.38. The minimum atomic E-state index is -3.46. The zero-order valence-corrected chi connectivity index (χ0v) is 10.6. The second kappa shape index (κ2) is 4.74. The monoisotopic (exact) mass is 260 g/mol. The van der Waals surface area contributed by atoms with Crippen LogP contribution < -0.4 is 0 Å². The number of benzene rings is 2. The minimum Gasteiger partial charge on any atom is -0.298 e. The zero-order chi connectivity index (χ0) is 13.2. The molecule has 0 fully saturated rings. The lowest BCUT2D eigenvalue weighted by Gasteiger charge is -2.10. The van der Waals surface area contributed by atoms with Crippen LogP contribution in [0.25, 0.3) is 11.1 Å².